The molecular formula is C20H29N3O2. The van der Waals surface area contributed by atoms with E-state index in [2.05, 4.69) is 11.0 Å². The van der Waals surface area contributed by atoms with E-state index in [1.165, 1.54) is 19.3 Å². The standard InChI is InChI=1S/C20H29N3O2/c21-19(24)10-9-17-7-4-8-18(22-17)15-11-13-23(14-12-15)20(25)16-5-2-1-3-6-16/h4,7-8,15-16H,1-3,5-6,9-14H2,(H2,21,24). The highest BCUT2D eigenvalue weighted by molar-refractivity contribution is 5.79. The molecule has 1 aromatic rings. The number of aromatic nitrogens is 1. The summed E-state index contributed by atoms with van der Waals surface area (Å²) >= 11 is 0. The molecule has 1 aromatic heterocycles. The minimum atomic E-state index is -0.290. The molecule has 2 heterocycles. The summed E-state index contributed by atoms with van der Waals surface area (Å²) in [6.45, 7) is 1.68. The average molecular weight is 343 g/mol. The third kappa shape index (κ3) is 4.80. The molecule has 1 aliphatic heterocycles. The number of piperidine rings is 1. The Bertz CT molecular complexity index is 603. The lowest BCUT2D eigenvalue weighted by atomic mass is 9.86. The summed E-state index contributed by atoms with van der Waals surface area (Å²) in [7, 11) is 0. The number of nitrogens with two attached hydrogens (primary N) is 1. The Morgan fingerprint density at radius 3 is 2.48 bits per heavy atom. The molecular weight excluding hydrogens is 314 g/mol. The van der Waals surface area contributed by atoms with Gasteiger partial charge in [-0.2, -0.15) is 0 Å². The van der Waals surface area contributed by atoms with E-state index in [-0.39, 0.29) is 11.8 Å². The molecule has 2 amide bonds. The van der Waals surface area contributed by atoms with E-state index >= 15 is 0 Å². The third-order valence-corrected chi connectivity index (χ3v) is 5.64. The Morgan fingerprint density at radius 2 is 1.80 bits per heavy atom. The van der Waals surface area contributed by atoms with Crippen LogP contribution in [-0.2, 0) is 16.0 Å². The summed E-state index contributed by atoms with van der Waals surface area (Å²) in [6.07, 6.45) is 8.72. The van der Waals surface area contributed by atoms with Crippen molar-refractivity contribution in [1.82, 2.24) is 9.88 Å². The SMILES string of the molecule is NC(=O)CCc1cccc(C2CCN(C(=O)C3CCCCC3)CC2)n1. The Balaban J connectivity index is 1.54. The van der Waals surface area contributed by atoms with Crippen molar-refractivity contribution in [2.24, 2.45) is 11.7 Å². The summed E-state index contributed by atoms with van der Waals surface area (Å²) in [5.74, 6) is 0.757. The number of carbonyl (C=O) groups is 2. The highest BCUT2D eigenvalue weighted by Gasteiger charge is 2.29. The van der Waals surface area contributed by atoms with Crippen LogP contribution < -0.4 is 5.73 Å². The monoisotopic (exact) mass is 343 g/mol. The lowest BCUT2D eigenvalue weighted by molar-refractivity contribution is -0.137. The Hall–Kier alpha value is -1.91. The maximum atomic E-state index is 12.7. The van der Waals surface area contributed by atoms with Crippen molar-refractivity contribution in [2.75, 3.05) is 13.1 Å². The summed E-state index contributed by atoms with van der Waals surface area (Å²) in [5.41, 5.74) is 7.24. The molecule has 1 aliphatic carbocycles. The van der Waals surface area contributed by atoms with Gasteiger partial charge in [0.05, 0.1) is 0 Å². The highest BCUT2D eigenvalue weighted by Crippen LogP contribution is 2.30. The molecule has 1 saturated carbocycles. The quantitative estimate of drug-likeness (QED) is 0.893. The topological polar surface area (TPSA) is 76.3 Å². The number of hydrogen-bond donors (Lipinski definition) is 1. The predicted molar refractivity (Wildman–Crippen MR) is 96.9 cm³/mol. The zero-order valence-corrected chi connectivity index (χ0v) is 15.0. The van der Waals surface area contributed by atoms with Gasteiger partial charge >= 0.3 is 0 Å². The van der Waals surface area contributed by atoms with Crippen LogP contribution in [0.4, 0.5) is 0 Å². The Morgan fingerprint density at radius 1 is 1.08 bits per heavy atom. The van der Waals surface area contributed by atoms with Gasteiger partial charge in [0.25, 0.3) is 0 Å². The van der Waals surface area contributed by atoms with E-state index in [0.717, 1.165) is 50.2 Å². The zero-order chi connectivity index (χ0) is 17.6. The Labute approximate surface area is 150 Å². The number of rotatable bonds is 5. The van der Waals surface area contributed by atoms with Crippen LogP contribution >= 0.6 is 0 Å². The molecule has 5 nitrogen and oxygen atoms in total. The second-order valence-corrected chi connectivity index (χ2v) is 7.45. The molecule has 25 heavy (non-hydrogen) atoms. The Kier molecular flexibility index (Phi) is 6.05. The minimum absolute atomic E-state index is 0.264. The van der Waals surface area contributed by atoms with Crippen molar-refractivity contribution in [3.63, 3.8) is 0 Å². The molecule has 0 aromatic carbocycles. The highest BCUT2D eigenvalue weighted by atomic mass is 16.2. The predicted octanol–water partition coefficient (Wildman–Crippen LogP) is 2.79. The van der Waals surface area contributed by atoms with Crippen LogP contribution in [0.15, 0.2) is 18.2 Å². The number of amides is 2. The second-order valence-electron chi connectivity index (χ2n) is 7.45. The number of hydrogen-bond acceptors (Lipinski definition) is 3. The van der Waals surface area contributed by atoms with Crippen molar-refractivity contribution < 1.29 is 9.59 Å². The van der Waals surface area contributed by atoms with Crippen LogP contribution in [0.2, 0.25) is 0 Å². The van der Waals surface area contributed by atoms with E-state index in [4.69, 9.17) is 10.7 Å². The normalized spacial score (nSPS) is 19.8. The first-order chi connectivity index (χ1) is 12.1. The van der Waals surface area contributed by atoms with Crippen LogP contribution in [0.5, 0.6) is 0 Å². The molecule has 2 aliphatic rings. The molecule has 3 rings (SSSR count). The van der Waals surface area contributed by atoms with Crippen molar-refractivity contribution >= 4 is 11.8 Å². The van der Waals surface area contributed by atoms with Gasteiger partial charge in [-0.1, -0.05) is 25.3 Å². The maximum absolute atomic E-state index is 12.7. The fraction of sp³-hybridized carbons (Fsp3) is 0.650. The molecule has 5 heteroatoms. The van der Waals surface area contributed by atoms with Gasteiger partial charge in [0.15, 0.2) is 0 Å². The first-order valence-electron chi connectivity index (χ1n) is 9.66. The fourth-order valence-electron chi connectivity index (χ4n) is 4.12. The first-order valence-corrected chi connectivity index (χ1v) is 9.66. The van der Waals surface area contributed by atoms with Crippen LogP contribution in [0.1, 0.15) is 68.7 Å². The summed E-state index contributed by atoms with van der Waals surface area (Å²) in [5, 5.41) is 0. The van der Waals surface area contributed by atoms with E-state index in [1.54, 1.807) is 0 Å². The van der Waals surface area contributed by atoms with Gasteiger partial charge in [0, 0.05) is 42.7 Å². The molecule has 0 radical (unpaired) electrons. The molecule has 0 bridgehead atoms. The van der Waals surface area contributed by atoms with Crippen molar-refractivity contribution in [2.45, 2.75) is 63.7 Å². The summed E-state index contributed by atoms with van der Waals surface area (Å²) in [6, 6.07) is 6.03. The first kappa shape index (κ1) is 17.9. The van der Waals surface area contributed by atoms with Gasteiger partial charge in [-0.15, -0.1) is 0 Å². The van der Waals surface area contributed by atoms with Crippen LogP contribution in [0, 0.1) is 5.92 Å². The van der Waals surface area contributed by atoms with Crippen molar-refractivity contribution in [3.05, 3.63) is 29.6 Å². The second kappa shape index (κ2) is 8.45. The fourth-order valence-corrected chi connectivity index (χ4v) is 4.12. The summed E-state index contributed by atoms with van der Waals surface area (Å²) < 4.78 is 0. The van der Waals surface area contributed by atoms with Gasteiger partial charge < -0.3 is 10.6 Å². The number of pyridine rings is 1. The van der Waals surface area contributed by atoms with Crippen molar-refractivity contribution in [1.29, 1.82) is 0 Å². The van der Waals surface area contributed by atoms with E-state index in [0.29, 0.717) is 24.7 Å². The number of nitrogens with zero attached hydrogens (tertiary/aromatic N) is 2. The molecule has 0 atom stereocenters. The van der Waals surface area contributed by atoms with Crippen LogP contribution in [0.3, 0.4) is 0 Å². The third-order valence-electron chi connectivity index (χ3n) is 5.64. The lowest BCUT2D eigenvalue weighted by Crippen LogP contribution is -2.42. The van der Waals surface area contributed by atoms with Gasteiger partial charge in [-0.25, -0.2) is 0 Å². The summed E-state index contributed by atoms with van der Waals surface area (Å²) in [4.78, 5) is 30.4. The van der Waals surface area contributed by atoms with E-state index in [9.17, 15) is 9.59 Å². The van der Waals surface area contributed by atoms with E-state index < -0.39 is 0 Å². The van der Waals surface area contributed by atoms with Crippen LogP contribution in [0.25, 0.3) is 0 Å². The lowest BCUT2D eigenvalue weighted by Gasteiger charge is -2.35. The maximum Gasteiger partial charge on any atom is 0.225 e. The van der Waals surface area contributed by atoms with Crippen molar-refractivity contribution in [3.8, 4) is 0 Å². The average Bonchev–Trinajstić information content (AvgIpc) is 2.67. The van der Waals surface area contributed by atoms with Gasteiger partial charge in [-0.05, 0) is 44.2 Å². The number of carbonyl (C=O) groups excluding carboxylic acids is 2. The smallest absolute Gasteiger partial charge is 0.225 e. The molecule has 1 saturated heterocycles. The molecule has 136 valence electrons. The molecule has 2 fully saturated rings. The van der Waals surface area contributed by atoms with Gasteiger partial charge in [-0.3, -0.25) is 14.6 Å². The van der Waals surface area contributed by atoms with E-state index in [1.807, 2.05) is 12.1 Å². The van der Waals surface area contributed by atoms with Gasteiger partial charge in [0.2, 0.25) is 11.8 Å². The largest absolute Gasteiger partial charge is 0.370 e. The van der Waals surface area contributed by atoms with Gasteiger partial charge in [0.1, 0.15) is 0 Å². The molecule has 0 spiro atoms. The zero-order valence-electron chi connectivity index (χ0n) is 15.0. The van der Waals surface area contributed by atoms with Crippen LogP contribution in [-0.4, -0.2) is 34.8 Å². The molecule has 0 unspecified atom stereocenters. The number of primary amides is 1. The number of aryl methyl sites for hydroxylation is 1. The minimum Gasteiger partial charge on any atom is -0.370 e. The molecule has 2 N–H and O–H groups in total. The number of likely N-dealkylation sites (tertiary alicyclic amines) is 1.